The van der Waals surface area contributed by atoms with Crippen molar-refractivity contribution in [1.82, 2.24) is 0 Å². The van der Waals surface area contributed by atoms with E-state index in [1.807, 2.05) is 0 Å². The van der Waals surface area contributed by atoms with Crippen LogP contribution >= 0.6 is 0 Å². The van der Waals surface area contributed by atoms with Gasteiger partial charge in [-0.25, -0.2) is 13.6 Å². The fraction of sp³-hybridized carbons (Fsp3) is 0.467. The molecular weight excluding hydrogens is 318 g/mol. The molecule has 0 aromatic heterocycles. The number of nitro benzene ring substituents is 1. The number of hydrogen-bond donors (Lipinski definition) is 2. The largest absolute Gasteiger partial charge is 0.379 e. The van der Waals surface area contributed by atoms with Crippen LogP contribution in [-0.2, 0) is 10.0 Å². The average molecular weight is 339 g/mol. The monoisotopic (exact) mass is 339 g/mol. The summed E-state index contributed by atoms with van der Waals surface area (Å²) in [4.78, 5) is 10.0. The molecule has 8 heteroatoms. The third-order valence-electron chi connectivity index (χ3n) is 3.88. The van der Waals surface area contributed by atoms with E-state index >= 15 is 0 Å². The first-order valence-electron chi connectivity index (χ1n) is 7.61. The molecule has 7 nitrogen and oxygen atoms in total. The van der Waals surface area contributed by atoms with Gasteiger partial charge in [-0.15, -0.1) is 0 Å². The van der Waals surface area contributed by atoms with Gasteiger partial charge in [0.2, 0.25) is 10.0 Å². The van der Waals surface area contributed by atoms with Gasteiger partial charge in [-0.05, 0) is 44.2 Å². The number of primary sulfonamides is 1. The molecule has 0 atom stereocenters. The number of nitro groups is 1. The van der Waals surface area contributed by atoms with Crippen LogP contribution in [0.1, 0.15) is 38.5 Å². The molecule has 0 radical (unpaired) electrons. The summed E-state index contributed by atoms with van der Waals surface area (Å²) in [5.74, 6) is 0. The second-order valence-corrected chi connectivity index (χ2v) is 7.12. The molecule has 1 aromatic rings. The fourth-order valence-corrected chi connectivity index (χ4v) is 3.47. The summed E-state index contributed by atoms with van der Waals surface area (Å²) in [6, 6.07) is 4.08. The Balaban J connectivity index is 2.13. The van der Waals surface area contributed by atoms with Crippen LogP contribution in [0.2, 0.25) is 0 Å². The molecule has 0 spiro atoms. The minimum Gasteiger partial charge on any atom is -0.379 e. The van der Waals surface area contributed by atoms with Gasteiger partial charge in [0.05, 0.1) is 4.92 Å². The van der Waals surface area contributed by atoms with Crippen molar-refractivity contribution in [2.75, 3.05) is 11.9 Å². The molecule has 0 fully saturated rings. The summed E-state index contributed by atoms with van der Waals surface area (Å²) < 4.78 is 23.0. The van der Waals surface area contributed by atoms with E-state index < -0.39 is 25.5 Å². The summed E-state index contributed by atoms with van der Waals surface area (Å²) in [5.41, 5.74) is 1.03. The standard InChI is InChI=1S/C15H21N3O4S/c16-23(21,22)14-9-5-8-13(15(14)18(19)20)17-11-10-12-6-3-1-2-4-7-12/h5-6,8-9,17H,1-4,7,10-11H2,(H2,16,21,22). The number of rotatable bonds is 6. The minimum atomic E-state index is -4.14. The lowest BCUT2D eigenvalue weighted by molar-refractivity contribution is -0.386. The maximum Gasteiger partial charge on any atom is 0.312 e. The van der Waals surface area contributed by atoms with Gasteiger partial charge in [0.25, 0.3) is 0 Å². The SMILES string of the molecule is NS(=O)(=O)c1cccc(NCCC2=CCCCCC2)c1[N+](=O)[O-]. The number of nitrogens with one attached hydrogen (secondary N) is 1. The number of nitrogens with two attached hydrogens (primary N) is 1. The molecule has 23 heavy (non-hydrogen) atoms. The Morgan fingerprint density at radius 2 is 2.04 bits per heavy atom. The van der Waals surface area contributed by atoms with Gasteiger partial charge in [-0.3, -0.25) is 10.1 Å². The molecule has 0 amide bonds. The van der Waals surface area contributed by atoms with E-state index in [2.05, 4.69) is 11.4 Å². The van der Waals surface area contributed by atoms with Crippen molar-refractivity contribution in [2.24, 2.45) is 5.14 Å². The van der Waals surface area contributed by atoms with Gasteiger partial charge in [0, 0.05) is 6.54 Å². The van der Waals surface area contributed by atoms with Crippen LogP contribution in [0.5, 0.6) is 0 Å². The summed E-state index contributed by atoms with van der Waals surface area (Å²) in [6.07, 6.45) is 8.78. The van der Waals surface area contributed by atoms with Gasteiger partial charge in [-0.1, -0.05) is 24.1 Å². The van der Waals surface area contributed by atoms with Crippen molar-refractivity contribution < 1.29 is 13.3 Å². The second kappa shape index (κ2) is 7.56. The number of nitrogens with zero attached hydrogens (tertiary/aromatic N) is 1. The molecule has 126 valence electrons. The number of benzene rings is 1. The van der Waals surface area contributed by atoms with Crippen molar-refractivity contribution in [2.45, 2.75) is 43.4 Å². The van der Waals surface area contributed by atoms with E-state index in [9.17, 15) is 18.5 Å². The van der Waals surface area contributed by atoms with Crippen LogP contribution in [0.15, 0.2) is 34.7 Å². The lowest BCUT2D eigenvalue weighted by Gasteiger charge is -2.10. The van der Waals surface area contributed by atoms with Crippen LogP contribution in [0, 0.1) is 10.1 Å². The Bertz CT molecular complexity index is 713. The van der Waals surface area contributed by atoms with Gasteiger partial charge < -0.3 is 5.32 Å². The maximum absolute atomic E-state index is 11.5. The van der Waals surface area contributed by atoms with Crippen LogP contribution in [0.25, 0.3) is 0 Å². The van der Waals surface area contributed by atoms with Crippen molar-refractivity contribution >= 4 is 21.4 Å². The molecule has 3 N–H and O–H groups in total. The highest BCUT2D eigenvalue weighted by Gasteiger charge is 2.26. The summed E-state index contributed by atoms with van der Waals surface area (Å²) in [7, 11) is -4.14. The van der Waals surface area contributed by atoms with Gasteiger partial charge in [-0.2, -0.15) is 0 Å². The zero-order chi connectivity index (χ0) is 16.9. The van der Waals surface area contributed by atoms with Crippen LogP contribution < -0.4 is 10.5 Å². The minimum absolute atomic E-state index is 0.177. The molecule has 1 aromatic carbocycles. The Labute approximate surface area is 135 Å². The Morgan fingerprint density at radius 1 is 1.26 bits per heavy atom. The Kier molecular flexibility index (Phi) is 5.73. The maximum atomic E-state index is 11.5. The predicted molar refractivity (Wildman–Crippen MR) is 88.7 cm³/mol. The van der Waals surface area contributed by atoms with Crippen LogP contribution in [0.3, 0.4) is 0 Å². The molecule has 0 heterocycles. The van der Waals surface area contributed by atoms with Crippen LogP contribution in [-0.4, -0.2) is 19.9 Å². The van der Waals surface area contributed by atoms with Gasteiger partial charge in [0.15, 0.2) is 4.90 Å². The van der Waals surface area contributed by atoms with Gasteiger partial charge in [0.1, 0.15) is 5.69 Å². The average Bonchev–Trinajstić information content (AvgIpc) is 2.74. The third-order valence-corrected chi connectivity index (χ3v) is 4.83. The first-order chi connectivity index (χ1) is 10.9. The molecule has 0 saturated heterocycles. The highest BCUT2D eigenvalue weighted by Crippen LogP contribution is 2.31. The highest BCUT2D eigenvalue weighted by molar-refractivity contribution is 7.89. The second-order valence-electron chi connectivity index (χ2n) is 5.59. The summed E-state index contributed by atoms with van der Waals surface area (Å²) >= 11 is 0. The molecule has 1 aliphatic rings. The highest BCUT2D eigenvalue weighted by atomic mass is 32.2. The van der Waals surface area contributed by atoms with Crippen molar-refractivity contribution in [3.8, 4) is 0 Å². The lowest BCUT2D eigenvalue weighted by Crippen LogP contribution is -2.15. The number of sulfonamides is 1. The zero-order valence-electron chi connectivity index (χ0n) is 12.8. The van der Waals surface area contributed by atoms with E-state index in [1.54, 1.807) is 0 Å². The molecule has 0 saturated carbocycles. The van der Waals surface area contributed by atoms with E-state index in [4.69, 9.17) is 5.14 Å². The summed E-state index contributed by atoms with van der Waals surface area (Å²) in [5, 5.41) is 19.3. The quantitative estimate of drug-likeness (QED) is 0.469. The molecule has 0 unspecified atom stereocenters. The normalized spacial score (nSPS) is 15.6. The smallest absolute Gasteiger partial charge is 0.312 e. The first-order valence-corrected chi connectivity index (χ1v) is 9.16. The molecule has 1 aliphatic carbocycles. The van der Waals surface area contributed by atoms with Crippen molar-refractivity contribution in [3.63, 3.8) is 0 Å². The van der Waals surface area contributed by atoms with Crippen LogP contribution in [0.4, 0.5) is 11.4 Å². The summed E-state index contributed by atoms with van der Waals surface area (Å²) in [6.45, 7) is 0.515. The Hall–Kier alpha value is -1.93. The molecular formula is C15H21N3O4S. The van der Waals surface area contributed by atoms with Gasteiger partial charge >= 0.3 is 5.69 Å². The molecule has 2 rings (SSSR count). The third kappa shape index (κ3) is 4.77. The van der Waals surface area contributed by atoms with E-state index in [0.717, 1.165) is 25.3 Å². The molecule has 0 bridgehead atoms. The van der Waals surface area contributed by atoms with E-state index in [0.29, 0.717) is 6.54 Å². The Morgan fingerprint density at radius 3 is 2.74 bits per heavy atom. The van der Waals surface area contributed by atoms with E-state index in [1.165, 1.54) is 37.0 Å². The van der Waals surface area contributed by atoms with E-state index in [-0.39, 0.29) is 5.69 Å². The lowest BCUT2D eigenvalue weighted by atomic mass is 10.1. The number of para-hydroxylation sites is 1. The number of allylic oxidation sites excluding steroid dienone is 1. The number of anilines is 1. The van der Waals surface area contributed by atoms with Crippen molar-refractivity contribution in [1.29, 1.82) is 0 Å². The topological polar surface area (TPSA) is 115 Å². The predicted octanol–water partition coefficient (Wildman–Crippen LogP) is 2.93. The van der Waals surface area contributed by atoms with Crippen molar-refractivity contribution in [3.05, 3.63) is 40.0 Å². The number of hydrogen-bond acceptors (Lipinski definition) is 5. The zero-order valence-corrected chi connectivity index (χ0v) is 13.6. The fourth-order valence-electron chi connectivity index (χ4n) is 2.75. The molecule has 0 aliphatic heterocycles. The first kappa shape index (κ1) is 17.4.